The van der Waals surface area contributed by atoms with Gasteiger partial charge in [-0.2, -0.15) is 0 Å². The highest BCUT2D eigenvalue weighted by atomic mass is 35.5. The van der Waals surface area contributed by atoms with Gasteiger partial charge in [-0.15, -0.1) is 0 Å². The first-order chi connectivity index (χ1) is 7.36. The zero-order valence-electron chi connectivity index (χ0n) is 8.15. The molecule has 0 aromatic heterocycles. The molecule has 2 aliphatic heterocycles. The lowest BCUT2D eigenvalue weighted by Gasteiger charge is -2.31. The average molecular weight is 220 g/mol. The molecule has 0 saturated heterocycles. The lowest BCUT2D eigenvalue weighted by molar-refractivity contribution is 0.553. The molecule has 3 rings (SSSR count). The zero-order chi connectivity index (χ0) is 10.3. The maximum absolute atomic E-state index is 6.11. The lowest BCUT2D eigenvalue weighted by Crippen LogP contribution is -2.40. The molecule has 0 radical (unpaired) electrons. The number of benzene rings is 1. The normalized spacial score (nSPS) is 18.9. The largest absolute Gasteiger partial charge is 0.301 e. The second-order valence-corrected chi connectivity index (χ2v) is 3.95. The number of amidine groups is 2. The van der Waals surface area contributed by atoms with Crippen molar-refractivity contribution >= 4 is 28.4 Å². The molecule has 1 aromatic carbocycles. The van der Waals surface area contributed by atoms with Crippen molar-refractivity contribution in [3.8, 4) is 0 Å². The van der Waals surface area contributed by atoms with Gasteiger partial charge in [-0.3, -0.25) is 4.99 Å². The zero-order valence-corrected chi connectivity index (χ0v) is 8.91. The van der Waals surface area contributed by atoms with Crippen LogP contribution in [-0.2, 0) is 0 Å². The third-order valence-corrected chi connectivity index (χ3v) is 2.93. The van der Waals surface area contributed by atoms with E-state index >= 15 is 0 Å². The van der Waals surface area contributed by atoms with Crippen LogP contribution in [0.2, 0.25) is 0 Å². The van der Waals surface area contributed by atoms with Crippen molar-refractivity contribution in [1.82, 2.24) is 4.90 Å². The Balaban J connectivity index is 2.21. The van der Waals surface area contributed by atoms with E-state index in [0.29, 0.717) is 5.29 Å². The molecule has 15 heavy (non-hydrogen) atoms. The van der Waals surface area contributed by atoms with E-state index in [1.807, 2.05) is 29.2 Å². The number of hydrogen-bond acceptors (Lipinski definition) is 3. The molecule has 0 fully saturated rings. The highest BCUT2D eigenvalue weighted by Gasteiger charge is 2.26. The van der Waals surface area contributed by atoms with Crippen molar-refractivity contribution in [1.29, 1.82) is 0 Å². The minimum atomic E-state index is 0.534. The molecule has 2 heterocycles. The Labute approximate surface area is 93.1 Å². The summed E-state index contributed by atoms with van der Waals surface area (Å²) in [7, 11) is 0. The Morgan fingerprint density at radius 2 is 2.13 bits per heavy atom. The molecular weight excluding hydrogens is 210 g/mol. The van der Waals surface area contributed by atoms with Crippen molar-refractivity contribution in [2.75, 3.05) is 13.1 Å². The van der Waals surface area contributed by atoms with Crippen LogP contribution in [0.1, 0.15) is 12.0 Å². The molecule has 3 nitrogen and oxygen atoms in total. The summed E-state index contributed by atoms with van der Waals surface area (Å²) in [6.07, 6.45) is 1.04. The van der Waals surface area contributed by atoms with Gasteiger partial charge in [0.25, 0.3) is 0 Å². The van der Waals surface area contributed by atoms with Gasteiger partial charge in [0.05, 0.1) is 5.69 Å². The van der Waals surface area contributed by atoms with Crippen LogP contribution in [0.5, 0.6) is 0 Å². The van der Waals surface area contributed by atoms with Crippen LogP contribution in [0.3, 0.4) is 0 Å². The number of halogens is 1. The van der Waals surface area contributed by atoms with Gasteiger partial charge < -0.3 is 4.90 Å². The molecule has 2 aliphatic rings. The van der Waals surface area contributed by atoms with Crippen LogP contribution >= 0.6 is 11.6 Å². The first-order valence-corrected chi connectivity index (χ1v) is 5.39. The SMILES string of the molecule is ClC1=Nc2ccccc2C2=NCCCN12. The van der Waals surface area contributed by atoms with Crippen molar-refractivity contribution in [3.63, 3.8) is 0 Å². The van der Waals surface area contributed by atoms with Gasteiger partial charge in [-0.25, -0.2) is 4.99 Å². The van der Waals surface area contributed by atoms with Crippen LogP contribution in [0.25, 0.3) is 0 Å². The summed E-state index contributed by atoms with van der Waals surface area (Å²) in [6, 6.07) is 7.97. The summed E-state index contributed by atoms with van der Waals surface area (Å²) in [5, 5.41) is 0.534. The van der Waals surface area contributed by atoms with Gasteiger partial charge >= 0.3 is 0 Å². The number of nitrogens with zero attached hydrogens (tertiary/aromatic N) is 3. The Hall–Kier alpha value is -1.35. The van der Waals surface area contributed by atoms with Gasteiger partial charge in [-0.1, -0.05) is 12.1 Å². The molecule has 1 aromatic rings. The molecule has 76 valence electrons. The number of hydrogen-bond donors (Lipinski definition) is 0. The van der Waals surface area contributed by atoms with Crippen LogP contribution in [0, 0.1) is 0 Å². The van der Waals surface area contributed by atoms with E-state index in [1.165, 1.54) is 0 Å². The summed E-state index contributed by atoms with van der Waals surface area (Å²) in [4.78, 5) is 10.9. The minimum Gasteiger partial charge on any atom is -0.301 e. The number of rotatable bonds is 0. The first kappa shape index (κ1) is 8.92. The Morgan fingerprint density at radius 1 is 1.27 bits per heavy atom. The van der Waals surface area contributed by atoms with E-state index in [2.05, 4.69) is 9.98 Å². The summed E-state index contributed by atoms with van der Waals surface area (Å²) in [6.45, 7) is 1.79. The third-order valence-electron chi connectivity index (χ3n) is 2.64. The number of para-hydroxylation sites is 1. The van der Waals surface area contributed by atoms with Crippen molar-refractivity contribution < 1.29 is 0 Å². The minimum absolute atomic E-state index is 0.534. The Kier molecular flexibility index (Phi) is 1.99. The molecular formula is C11H10ClN3. The standard InChI is InChI=1S/C11H10ClN3/c12-11-14-9-5-2-1-4-8(9)10-13-6-3-7-15(10)11/h1-2,4-5H,3,6-7H2. The van der Waals surface area contributed by atoms with E-state index in [-0.39, 0.29) is 0 Å². The van der Waals surface area contributed by atoms with E-state index in [1.54, 1.807) is 0 Å². The van der Waals surface area contributed by atoms with Gasteiger partial charge in [0.15, 0.2) is 0 Å². The lowest BCUT2D eigenvalue weighted by atomic mass is 10.1. The first-order valence-electron chi connectivity index (χ1n) is 5.02. The van der Waals surface area contributed by atoms with E-state index in [4.69, 9.17) is 11.6 Å². The summed E-state index contributed by atoms with van der Waals surface area (Å²) in [5.41, 5.74) is 2.00. The van der Waals surface area contributed by atoms with E-state index in [0.717, 1.165) is 36.6 Å². The topological polar surface area (TPSA) is 28.0 Å². The van der Waals surface area contributed by atoms with E-state index in [9.17, 15) is 0 Å². The average Bonchev–Trinajstić information content (AvgIpc) is 2.30. The molecule has 0 spiro atoms. The highest BCUT2D eigenvalue weighted by molar-refractivity contribution is 6.66. The Bertz CT molecular complexity index is 465. The predicted octanol–water partition coefficient (Wildman–Crippen LogP) is 2.38. The van der Waals surface area contributed by atoms with Gasteiger partial charge in [0.1, 0.15) is 5.84 Å². The number of aliphatic imine (C=N–C) groups is 2. The molecule has 0 aliphatic carbocycles. The monoisotopic (exact) mass is 219 g/mol. The summed E-state index contributed by atoms with van der Waals surface area (Å²) in [5.74, 6) is 0.969. The maximum atomic E-state index is 6.11. The summed E-state index contributed by atoms with van der Waals surface area (Å²) < 4.78 is 0. The fourth-order valence-corrected chi connectivity index (χ4v) is 2.19. The molecule has 0 amide bonds. The van der Waals surface area contributed by atoms with E-state index < -0.39 is 0 Å². The molecule has 0 N–H and O–H groups in total. The number of fused-ring (bicyclic) bond motifs is 3. The van der Waals surface area contributed by atoms with Crippen LogP contribution in [0.15, 0.2) is 34.3 Å². The van der Waals surface area contributed by atoms with Crippen molar-refractivity contribution in [3.05, 3.63) is 29.8 Å². The Morgan fingerprint density at radius 3 is 3.07 bits per heavy atom. The van der Waals surface area contributed by atoms with Crippen LogP contribution < -0.4 is 0 Å². The highest BCUT2D eigenvalue weighted by Crippen LogP contribution is 2.28. The van der Waals surface area contributed by atoms with Gasteiger partial charge in [0.2, 0.25) is 5.29 Å². The fraction of sp³-hybridized carbons (Fsp3) is 0.273. The molecule has 0 unspecified atom stereocenters. The van der Waals surface area contributed by atoms with Crippen LogP contribution in [0.4, 0.5) is 5.69 Å². The molecule has 0 bridgehead atoms. The summed E-state index contributed by atoms with van der Waals surface area (Å²) >= 11 is 6.11. The predicted molar refractivity (Wildman–Crippen MR) is 62.1 cm³/mol. The second kappa shape index (κ2) is 3.35. The van der Waals surface area contributed by atoms with Gasteiger partial charge in [-0.05, 0) is 30.2 Å². The van der Waals surface area contributed by atoms with Gasteiger partial charge in [0, 0.05) is 18.7 Å². The van der Waals surface area contributed by atoms with Crippen molar-refractivity contribution in [2.24, 2.45) is 9.98 Å². The molecule has 0 atom stereocenters. The van der Waals surface area contributed by atoms with Crippen molar-refractivity contribution in [2.45, 2.75) is 6.42 Å². The third kappa shape index (κ3) is 1.35. The quantitative estimate of drug-likeness (QED) is 0.616. The van der Waals surface area contributed by atoms with Crippen LogP contribution in [-0.4, -0.2) is 29.1 Å². The smallest absolute Gasteiger partial charge is 0.204 e. The fourth-order valence-electron chi connectivity index (χ4n) is 1.94. The molecule has 0 saturated carbocycles. The molecule has 4 heteroatoms. The maximum Gasteiger partial charge on any atom is 0.204 e. The second-order valence-electron chi connectivity index (χ2n) is 3.61.